The fraction of sp³-hybridized carbons (Fsp3) is 0.235. The third kappa shape index (κ3) is 3.56. The summed E-state index contributed by atoms with van der Waals surface area (Å²) in [6.45, 7) is 1.54. The van der Waals surface area contributed by atoms with Crippen LogP contribution in [0.3, 0.4) is 0 Å². The molecule has 1 amide bonds. The summed E-state index contributed by atoms with van der Waals surface area (Å²) in [6, 6.07) is 11.7. The zero-order chi connectivity index (χ0) is 15.9. The van der Waals surface area contributed by atoms with Gasteiger partial charge in [-0.2, -0.15) is 0 Å². The smallest absolute Gasteiger partial charge is 0.221 e. The maximum absolute atomic E-state index is 11.4. The van der Waals surface area contributed by atoms with Crippen LogP contribution in [0.2, 0.25) is 0 Å². The molecule has 5 heteroatoms. The van der Waals surface area contributed by atoms with Crippen molar-refractivity contribution < 1.29 is 19.0 Å². The first kappa shape index (κ1) is 15.9. The van der Waals surface area contributed by atoms with Crippen LogP contribution in [-0.2, 0) is 14.3 Å². The molecular formula is C17H19NO4. The summed E-state index contributed by atoms with van der Waals surface area (Å²) in [4.78, 5) is 11.4. The van der Waals surface area contributed by atoms with Gasteiger partial charge in [-0.1, -0.05) is 30.3 Å². The number of fused-ring (bicyclic) bond motifs is 1. The van der Waals surface area contributed by atoms with Gasteiger partial charge in [-0.05, 0) is 11.5 Å². The number of rotatable bonds is 6. The van der Waals surface area contributed by atoms with E-state index in [1.165, 1.54) is 20.3 Å². The number of carbonyl (C=O) groups is 1. The Morgan fingerprint density at radius 3 is 2.64 bits per heavy atom. The van der Waals surface area contributed by atoms with Gasteiger partial charge in [0.05, 0.1) is 12.8 Å². The minimum atomic E-state index is -0.192. The van der Waals surface area contributed by atoms with Crippen LogP contribution in [0.25, 0.3) is 16.5 Å². The van der Waals surface area contributed by atoms with Crippen LogP contribution in [0, 0.1) is 0 Å². The average Bonchev–Trinajstić information content (AvgIpc) is 2.52. The lowest BCUT2D eigenvalue weighted by atomic mass is 10.0. The molecule has 2 aromatic carbocycles. The minimum absolute atomic E-state index is 0.0962. The molecular weight excluding hydrogens is 282 g/mol. The van der Waals surface area contributed by atoms with Crippen molar-refractivity contribution >= 4 is 22.4 Å². The normalized spacial score (nSPS) is 11.3. The Morgan fingerprint density at radius 1 is 1.18 bits per heavy atom. The lowest BCUT2D eigenvalue weighted by Crippen LogP contribution is -2.19. The fourth-order valence-electron chi connectivity index (χ4n) is 2.21. The van der Waals surface area contributed by atoms with Gasteiger partial charge in [0.1, 0.15) is 12.0 Å². The number of methoxy groups -OCH3 is 2. The molecule has 0 aliphatic heterocycles. The molecule has 0 aromatic heterocycles. The first-order chi connectivity index (χ1) is 10.7. The second-order valence-electron chi connectivity index (χ2n) is 4.65. The molecule has 0 bridgehead atoms. The molecule has 0 fully saturated rings. The van der Waals surface area contributed by atoms with E-state index in [4.69, 9.17) is 14.2 Å². The quantitative estimate of drug-likeness (QED) is 0.506. The van der Waals surface area contributed by atoms with Crippen LogP contribution in [0.5, 0.6) is 5.75 Å². The van der Waals surface area contributed by atoms with Crippen molar-refractivity contribution in [3.05, 3.63) is 48.2 Å². The van der Waals surface area contributed by atoms with Crippen LogP contribution in [0.15, 0.2) is 42.7 Å². The van der Waals surface area contributed by atoms with Crippen molar-refractivity contribution in [3.8, 4) is 5.75 Å². The molecule has 0 radical (unpaired) electrons. The Hall–Kier alpha value is -2.53. The summed E-state index contributed by atoms with van der Waals surface area (Å²) in [7, 11) is 3.13. The lowest BCUT2D eigenvalue weighted by Gasteiger charge is -2.15. The van der Waals surface area contributed by atoms with E-state index in [1.54, 1.807) is 7.11 Å². The van der Waals surface area contributed by atoms with Crippen LogP contribution in [0.4, 0.5) is 0 Å². The number of nitrogens with one attached hydrogen (secondary N) is 1. The van der Waals surface area contributed by atoms with Gasteiger partial charge in [0.25, 0.3) is 0 Å². The topological polar surface area (TPSA) is 56.8 Å². The SMILES string of the molecule is COCO/C=C(\NC(C)=O)c1ccc2ccccc2c1OC. The van der Waals surface area contributed by atoms with Crippen LogP contribution >= 0.6 is 0 Å². The fourth-order valence-corrected chi connectivity index (χ4v) is 2.21. The molecule has 1 N–H and O–H groups in total. The highest BCUT2D eigenvalue weighted by molar-refractivity contribution is 5.95. The van der Waals surface area contributed by atoms with E-state index in [-0.39, 0.29) is 12.7 Å². The van der Waals surface area contributed by atoms with Gasteiger partial charge in [0.15, 0.2) is 6.79 Å². The van der Waals surface area contributed by atoms with E-state index in [0.717, 1.165) is 16.3 Å². The summed E-state index contributed by atoms with van der Waals surface area (Å²) >= 11 is 0. The molecule has 5 nitrogen and oxygen atoms in total. The largest absolute Gasteiger partial charge is 0.495 e. The lowest BCUT2D eigenvalue weighted by molar-refractivity contribution is -0.117. The van der Waals surface area contributed by atoms with Crippen LogP contribution in [0.1, 0.15) is 12.5 Å². The third-order valence-electron chi connectivity index (χ3n) is 3.07. The molecule has 2 rings (SSSR count). The summed E-state index contributed by atoms with van der Waals surface area (Å²) in [6.07, 6.45) is 1.46. The highest BCUT2D eigenvalue weighted by Crippen LogP contribution is 2.33. The molecule has 0 aliphatic carbocycles. The van der Waals surface area contributed by atoms with Crippen molar-refractivity contribution in [2.24, 2.45) is 0 Å². The molecule has 2 aromatic rings. The first-order valence-electron chi connectivity index (χ1n) is 6.81. The van der Waals surface area contributed by atoms with Gasteiger partial charge in [-0.3, -0.25) is 4.79 Å². The van der Waals surface area contributed by atoms with E-state index in [1.807, 2.05) is 36.4 Å². The number of amides is 1. The Balaban J connectivity index is 2.52. The maximum atomic E-state index is 11.4. The Kier molecular flexibility index (Phi) is 5.38. The molecule has 0 saturated carbocycles. The van der Waals surface area contributed by atoms with Gasteiger partial charge in [0, 0.05) is 25.0 Å². The third-order valence-corrected chi connectivity index (χ3v) is 3.07. The average molecular weight is 301 g/mol. The number of hydrogen-bond acceptors (Lipinski definition) is 4. The predicted molar refractivity (Wildman–Crippen MR) is 85.3 cm³/mol. The van der Waals surface area contributed by atoms with E-state index in [9.17, 15) is 4.79 Å². The second-order valence-corrected chi connectivity index (χ2v) is 4.65. The predicted octanol–water partition coefficient (Wildman–Crippen LogP) is 2.90. The maximum Gasteiger partial charge on any atom is 0.221 e. The second kappa shape index (κ2) is 7.47. The first-order valence-corrected chi connectivity index (χ1v) is 6.81. The highest BCUT2D eigenvalue weighted by Gasteiger charge is 2.13. The summed E-state index contributed by atoms with van der Waals surface area (Å²) in [5.74, 6) is 0.488. The standard InChI is InChI=1S/C17H19NO4/c1-12(19)18-16(10-22-11-20-2)15-9-8-13-6-4-5-7-14(13)17(15)21-3/h4-10H,11H2,1-3H3,(H,18,19)/b16-10-. The van der Waals surface area contributed by atoms with E-state index in [2.05, 4.69) is 5.32 Å². The molecule has 116 valence electrons. The van der Waals surface area contributed by atoms with Gasteiger partial charge in [0.2, 0.25) is 5.91 Å². The van der Waals surface area contributed by atoms with Gasteiger partial charge in [-0.15, -0.1) is 0 Å². The summed E-state index contributed by atoms with van der Waals surface area (Å²) in [5.41, 5.74) is 1.26. The Bertz CT molecular complexity index is 694. The van der Waals surface area contributed by atoms with Crippen molar-refractivity contribution in [1.82, 2.24) is 5.32 Å². The van der Waals surface area contributed by atoms with Crippen molar-refractivity contribution in [2.75, 3.05) is 21.0 Å². The Labute approximate surface area is 129 Å². The molecule has 0 heterocycles. The van der Waals surface area contributed by atoms with Crippen molar-refractivity contribution in [2.45, 2.75) is 6.92 Å². The molecule has 0 saturated heterocycles. The van der Waals surface area contributed by atoms with Crippen LogP contribution < -0.4 is 10.1 Å². The summed E-state index contributed by atoms with van der Waals surface area (Å²) < 4.78 is 15.7. The monoisotopic (exact) mass is 301 g/mol. The number of ether oxygens (including phenoxy) is 3. The van der Waals surface area contributed by atoms with Gasteiger partial charge >= 0.3 is 0 Å². The van der Waals surface area contributed by atoms with Gasteiger partial charge in [-0.25, -0.2) is 0 Å². The van der Waals surface area contributed by atoms with E-state index >= 15 is 0 Å². The number of carbonyl (C=O) groups excluding carboxylic acids is 1. The number of hydrogen-bond donors (Lipinski definition) is 1. The molecule has 22 heavy (non-hydrogen) atoms. The van der Waals surface area contributed by atoms with Gasteiger partial charge < -0.3 is 19.5 Å². The Morgan fingerprint density at radius 2 is 1.95 bits per heavy atom. The summed E-state index contributed by atoms with van der Waals surface area (Å²) in [5, 5.41) is 4.78. The van der Waals surface area contributed by atoms with Crippen molar-refractivity contribution in [1.29, 1.82) is 0 Å². The molecule has 0 aliphatic rings. The van der Waals surface area contributed by atoms with E-state index < -0.39 is 0 Å². The highest BCUT2D eigenvalue weighted by atomic mass is 16.7. The zero-order valence-corrected chi connectivity index (χ0v) is 12.9. The minimum Gasteiger partial charge on any atom is -0.495 e. The zero-order valence-electron chi connectivity index (χ0n) is 12.9. The molecule has 0 atom stereocenters. The van der Waals surface area contributed by atoms with E-state index in [0.29, 0.717) is 11.4 Å². The van der Waals surface area contributed by atoms with Crippen LogP contribution in [-0.4, -0.2) is 26.9 Å². The number of benzene rings is 2. The molecule has 0 spiro atoms. The molecule has 0 unspecified atom stereocenters. The van der Waals surface area contributed by atoms with Crippen molar-refractivity contribution in [3.63, 3.8) is 0 Å².